The summed E-state index contributed by atoms with van der Waals surface area (Å²) in [6, 6.07) is 16.2. The maximum atomic E-state index is 10.9. The molecule has 0 saturated carbocycles. The largest absolute Gasteiger partial charge is 0.508 e. The molecule has 3 nitrogen and oxygen atoms in total. The highest BCUT2D eigenvalue weighted by molar-refractivity contribution is 5.90. The Bertz CT molecular complexity index is 1050. The summed E-state index contributed by atoms with van der Waals surface area (Å²) in [5.74, 6) is 0.614. The highest BCUT2D eigenvalue weighted by atomic mass is 16.3. The summed E-state index contributed by atoms with van der Waals surface area (Å²) >= 11 is 0. The zero-order chi connectivity index (χ0) is 21.6. The summed E-state index contributed by atoms with van der Waals surface area (Å²) < 4.78 is 0. The van der Waals surface area contributed by atoms with E-state index in [0.717, 1.165) is 33.4 Å². The van der Waals surface area contributed by atoms with Crippen molar-refractivity contribution in [2.24, 2.45) is 0 Å². The third kappa shape index (κ3) is 4.09. The van der Waals surface area contributed by atoms with E-state index in [-0.39, 0.29) is 28.1 Å². The Morgan fingerprint density at radius 1 is 0.552 bits per heavy atom. The van der Waals surface area contributed by atoms with Gasteiger partial charge in [-0.1, -0.05) is 65.8 Å². The summed E-state index contributed by atoms with van der Waals surface area (Å²) in [5, 5.41) is 31.1. The van der Waals surface area contributed by atoms with E-state index < -0.39 is 0 Å². The molecular formula is C26H30O3. The maximum Gasteiger partial charge on any atom is 0.124 e. The number of phenols is 3. The molecule has 0 aliphatic heterocycles. The third-order valence-electron chi connectivity index (χ3n) is 5.22. The van der Waals surface area contributed by atoms with E-state index in [1.54, 1.807) is 30.3 Å². The average Bonchev–Trinajstić information content (AvgIpc) is 2.60. The smallest absolute Gasteiger partial charge is 0.124 e. The maximum absolute atomic E-state index is 10.9. The molecule has 0 bridgehead atoms. The van der Waals surface area contributed by atoms with Gasteiger partial charge < -0.3 is 15.3 Å². The number of aromatic hydroxyl groups is 3. The van der Waals surface area contributed by atoms with Crippen molar-refractivity contribution in [3.8, 4) is 39.5 Å². The molecule has 0 aromatic heterocycles. The van der Waals surface area contributed by atoms with Crippen LogP contribution in [0.25, 0.3) is 22.3 Å². The van der Waals surface area contributed by atoms with Crippen molar-refractivity contribution >= 4 is 0 Å². The van der Waals surface area contributed by atoms with Crippen LogP contribution >= 0.6 is 0 Å². The molecule has 0 heterocycles. The summed E-state index contributed by atoms with van der Waals surface area (Å²) in [6.45, 7) is 12.6. The molecule has 0 aliphatic rings. The van der Waals surface area contributed by atoms with Crippen molar-refractivity contribution < 1.29 is 15.3 Å². The first-order chi connectivity index (χ1) is 13.4. The molecule has 29 heavy (non-hydrogen) atoms. The van der Waals surface area contributed by atoms with Crippen LogP contribution in [0.1, 0.15) is 52.7 Å². The van der Waals surface area contributed by atoms with Crippen LogP contribution in [0.5, 0.6) is 17.2 Å². The van der Waals surface area contributed by atoms with Crippen LogP contribution in [0.4, 0.5) is 0 Å². The fraction of sp³-hybridized carbons (Fsp3) is 0.308. The Kier molecular flexibility index (Phi) is 5.12. The van der Waals surface area contributed by atoms with Gasteiger partial charge in [-0.15, -0.1) is 0 Å². The van der Waals surface area contributed by atoms with Crippen molar-refractivity contribution in [3.63, 3.8) is 0 Å². The number of hydrogen-bond acceptors (Lipinski definition) is 3. The molecule has 3 aromatic rings. The summed E-state index contributed by atoms with van der Waals surface area (Å²) in [4.78, 5) is 0. The monoisotopic (exact) mass is 390 g/mol. The van der Waals surface area contributed by atoms with Gasteiger partial charge >= 0.3 is 0 Å². The Labute approximate surface area is 173 Å². The molecule has 0 aliphatic carbocycles. The predicted molar refractivity (Wildman–Crippen MR) is 120 cm³/mol. The Hall–Kier alpha value is -2.94. The number of hydrogen-bond donors (Lipinski definition) is 3. The fourth-order valence-corrected chi connectivity index (χ4v) is 3.81. The van der Waals surface area contributed by atoms with Crippen LogP contribution in [-0.2, 0) is 10.8 Å². The molecule has 3 rings (SSSR count). The van der Waals surface area contributed by atoms with Crippen molar-refractivity contribution in [3.05, 3.63) is 65.7 Å². The van der Waals surface area contributed by atoms with Gasteiger partial charge in [-0.25, -0.2) is 0 Å². The number of phenolic OH excluding ortho intramolecular Hbond substituents is 3. The molecular weight excluding hydrogens is 360 g/mol. The van der Waals surface area contributed by atoms with E-state index in [1.165, 1.54) is 0 Å². The van der Waals surface area contributed by atoms with Crippen LogP contribution in [-0.4, -0.2) is 15.3 Å². The molecule has 3 aromatic carbocycles. The highest BCUT2D eigenvalue weighted by Crippen LogP contribution is 2.46. The van der Waals surface area contributed by atoms with Gasteiger partial charge in [0, 0.05) is 5.56 Å². The van der Waals surface area contributed by atoms with Gasteiger partial charge in [0.05, 0.1) is 0 Å². The second-order valence-electron chi connectivity index (χ2n) is 9.66. The summed E-state index contributed by atoms with van der Waals surface area (Å²) in [5.41, 5.74) is 5.01. The zero-order valence-corrected chi connectivity index (χ0v) is 18.0. The molecule has 3 N–H and O–H groups in total. The Morgan fingerprint density at radius 2 is 1.03 bits per heavy atom. The van der Waals surface area contributed by atoms with Crippen LogP contribution < -0.4 is 0 Å². The Balaban J connectivity index is 2.39. The van der Waals surface area contributed by atoms with Gasteiger partial charge in [-0.2, -0.15) is 0 Å². The molecule has 0 radical (unpaired) electrons. The van der Waals surface area contributed by atoms with Crippen LogP contribution in [0.3, 0.4) is 0 Å². The third-order valence-corrected chi connectivity index (χ3v) is 5.22. The first-order valence-corrected chi connectivity index (χ1v) is 9.89. The lowest BCUT2D eigenvalue weighted by atomic mass is 9.77. The summed E-state index contributed by atoms with van der Waals surface area (Å²) in [6.07, 6.45) is 0. The first kappa shape index (κ1) is 20.8. The van der Waals surface area contributed by atoms with E-state index in [1.807, 2.05) is 24.3 Å². The zero-order valence-electron chi connectivity index (χ0n) is 18.0. The van der Waals surface area contributed by atoms with Crippen LogP contribution in [0.15, 0.2) is 54.6 Å². The Morgan fingerprint density at radius 3 is 1.55 bits per heavy atom. The molecule has 0 atom stereocenters. The lowest BCUT2D eigenvalue weighted by Gasteiger charge is -2.27. The van der Waals surface area contributed by atoms with Gasteiger partial charge in [-0.3, -0.25) is 0 Å². The molecule has 0 saturated heterocycles. The molecule has 0 spiro atoms. The first-order valence-electron chi connectivity index (χ1n) is 9.89. The van der Waals surface area contributed by atoms with Gasteiger partial charge in [0.15, 0.2) is 0 Å². The van der Waals surface area contributed by atoms with E-state index in [2.05, 4.69) is 41.5 Å². The standard InChI is InChI=1S/C26H30O3/c1-25(2,3)21-14-16(27)10-12-18(21)19-8-7-9-23(29)24(19)20-13-11-17(28)15-22(20)26(4,5)6/h7-15,27-29H,1-6H3. The normalized spacial score (nSPS) is 12.2. The second-order valence-corrected chi connectivity index (χ2v) is 9.66. The topological polar surface area (TPSA) is 60.7 Å². The fourth-order valence-electron chi connectivity index (χ4n) is 3.81. The van der Waals surface area contributed by atoms with E-state index in [0.29, 0.717) is 0 Å². The summed E-state index contributed by atoms with van der Waals surface area (Å²) in [7, 11) is 0. The van der Waals surface area contributed by atoms with E-state index in [9.17, 15) is 15.3 Å². The minimum Gasteiger partial charge on any atom is -0.508 e. The van der Waals surface area contributed by atoms with Crippen LogP contribution in [0, 0.1) is 0 Å². The van der Waals surface area contributed by atoms with Gasteiger partial charge in [0.1, 0.15) is 17.2 Å². The van der Waals surface area contributed by atoms with Crippen molar-refractivity contribution in [2.75, 3.05) is 0 Å². The molecule has 3 heteroatoms. The van der Waals surface area contributed by atoms with Crippen LogP contribution in [0.2, 0.25) is 0 Å². The van der Waals surface area contributed by atoms with Crippen molar-refractivity contribution in [1.82, 2.24) is 0 Å². The minimum atomic E-state index is -0.227. The van der Waals surface area contributed by atoms with Crippen molar-refractivity contribution in [1.29, 1.82) is 0 Å². The van der Waals surface area contributed by atoms with E-state index >= 15 is 0 Å². The van der Waals surface area contributed by atoms with Crippen molar-refractivity contribution in [2.45, 2.75) is 52.4 Å². The minimum absolute atomic E-state index is 0.187. The van der Waals surface area contributed by atoms with E-state index in [4.69, 9.17) is 0 Å². The molecule has 0 amide bonds. The number of rotatable bonds is 2. The van der Waals surface area contributed by atoms with Gasteiger partial charge in [0.25, 0.3) is 0 Å². The molecule has 152 valence electrons. The molecule has 0 fully saturated rings. The molecule has 0 unspecified atom stereocenters. The SMILES string of the molecule is CC(C)(C)c1cc(O)ccc1-c1cccc(O)c1-c1ccc(O)cc1C(C)(C)C. The average molecular weight is 391 g/mol. The lowest BCUT2D eigenvalue weighted by molar-refractivity contribution is 0.469. The lowest BCUT2D eigenvalue weighted by Crippen LogP contribution is -2.14. The number of benzene rings is 3. The quantitative estimate of drug-likeness (QED) is 0.454. The van der Waals surface area contributed by atoms with Gasteiger partial charge in [-0.05, 0) is 69.0 Å². The predicted octanol–water partition coefficient (Wildman–Crippen LogP) is 6.73. The van der Waals surface area contributed by atoms with Gasteiger partial charge in [0.2, 0.25) is 0 Å². The highest BCUT2D eigenvalue weighted by Gasteiger charge is 2.26. The second kappa shape index (κ2) is 7.14.